The van der Waals surface area contributed by atoms with Gasteiger partial charge in [0.25, 0.3) is 11.8 Å². The third-order valence-electron chi connectivity index (χ3n) is 6.99. The summed E-state index contributed by atoms with van der Waals surface area (Å²) in [5.41, 5.74) is 1.99. The quantitative estimate of drug-likeness (QED) is 0.214. The molecule has 39 heavy (non-hydrogen) atoms. The summed E-state index contributed by atoms with van der Waals surface area (Å²) >= 11 is 2.59. The van der Waals surface area contributed by atoms with Crippen molar-refractivity contribution >= 4 is 46.7 Å². The van der Waals surface area contributed by atoms with Gasteiger partial charge in [-0.05, 0) is 55.2 Å². The molecule has 0 saturated carbocycles. The van der Waals surface area contributed by atoms with Gasteiger partial charge in [-0.1, -0.05) is 93.0 Å². The maximum atomic E-state index is 13.9. The normalized spacial score (nSPS) is 15.8. The van der Waals surface area contributed by atoms with Crippen molar-refractivity contribution in [3.05, 3.63) is 82.1 Å². The lowest BCUT2D eigenvalue weighted by atomic mass is 10.0. The van der Waals surface area contributed by atoms with Crippen LogP contribution >= 0.6 is 23.5 Å². The van der Waals surface area contributed by atoms with Crippen LogP contribution in [-0.2, 0) is 9.59 Å². The molecule has 3 aromatic rings. The molecule has 0 bridgehead atoms. The zero-order valence-corrected chi connectivity index (χ0v) is 24.0. The molecule has 5 rings (SSSR count). The first-order chi connectivity index (χ1) is 18.9. The van der Waals surface area contributed by atoms with E-state index in [1.807, 2.05) is 73.7 Å². The number of phenols is 1. The predicted octanol–water partition coefficient (Wildman–Crippen LogP) is 7.70. The summed E-state index contributed by atoms with van der Waals surface area (Å²) in [6.07, 6.45) is 4.45. The van der Waals surface area contributed by atoms with E-state index in [1.54, 1.807) is 0 Å². The van der Waals surface area contributed by atoms with Gasteiger partial charge in [-0.3, -0.25) is 9.59 Å². The van der Waals surface area contributed by atoms with Gasteiger partial charge in [-0.2, -0.15) is 0 Å². The lowest BCUT2D eigenvalue weighted by molar-refractivity contribution is -0.116. The maximum absolute atomic E-state index is 13.9. The van der Waals surface area contributed by atoms with Crippen LogP contribution in [-0.4, -0.2) is 23.5 Å². The molecule has 2 heterocycles. The van der Waals surface area contributed by atoms with E-state index in [0.29, 0.717) is 44.3 Å². The van der Waals surface area contributed by atoms with E-state index in [1.165, 1.54) is 33.5 Å². The van der Waals surface area contributed by atoms with Crippen LogP contribution in [0, 0.1) is 12.8 Å². The Morgan fingerprint density at radius 2 is 1.44 bits per heavy atom. The number of anilines is 2. The maximum Gasteiger partial charge on any atom is 0.284 e. The molecule has 1 atom stereocenters. The number of phenolic OH excluding ortho intramolecular Hbond substituents is 1. The largest absolute Gasteiger partial charge is 0.506 e. The van der Waals surface area contributed by atoms with Crippen molar-refractivity contribution in [3.63, 3.8) is 0 Å². The number of amides is 2. The number of fused-ring (bicyclic) bond motifs is 1. The Morgan fingerprint density at radius 3 is 1.97 bits per heavy atom. The number of carbonyl (C=O) groups excluding carboxylic acids is 2. The van der Waals surface area contributed by atoms with Gasteiger partial charge in [0.15, 0.2) is 0 Å². The minimum absolute atomic E-state index is 0.0892. The fourth-order valence-corrected chi connectivity index (χ4v) is 7.40. The average molecular weight is 561 g/mol. The van der Waals surface area contributed by atoms with Crippen molar-refractivity contribution in [2.24, 2.45) is 5.92 Å². The number of benzene rings is 3. The number of hydrogen-bond donors (Lipinski definition) is 1. The standard InChI is InChI=1S/C31H32N2O4S2/c1-4-6-13-21(5-2)19-37-24-18-20(3)26(34)28-27(24)38-31(39-28)25-29(35)32(22-14-9-7-10-15-22)33(30(25)36)23-16-11-8-12-17-23/h7-12,14-18,21,34H,4-6,13,19H2,1-3H3. The number of rotatable bonds is 9. The molecule has 1 unspecified atom stereocenters. The average Bonchev–Trinajstić information content (AvgIpc) is 3.51. The molecule has 1 N–H and O–H groups in total. The molecule has 1 saturated heterocycles. The number of aromatic hydroxyl groups is 1. The van der Waals surface area contributed by atoms with Crippen molar-refractivity contribution in [3.8, 4) is 11.5 Å². The second-order valence-corrected chi connectivity index (χ2v) is 12.0. The molecule has 3 aromatic carbocycles. The number of hydrogen-bond acceptors (Lipinski definition) is 6. The lowest BCUT2D eigenvalue weighted by Gasteiger charge is -2.27. The molecule has 0 radical (unpaired) electrons. The fourth-order valence-electron chi connectivity index (χ4n) is 4.71. The van der Waals surface area contributed by atoms with Crippen molar-refractivity contribution in [1.82, 2.24) is 0 Å². The van der Waals surface area contributed by atoms with Gasteiger partial charge >= 0.3 is 0 Å². The van der Waals surface area contributed by atoms with Crippen LogP contribution in [0.2, 0.25) is 0 Å². The number of unbranched alkanes of at least 4 members (excludes halogenated alkanes) is 1. The Kier molecular flexibility index (Phi) is 8.23. The highest BCUT2D eigenvalue weighted by atomic mass is 32.2. The van der Waals surface area contributed by atoms with Crippen LogP contribution in [0.5, 0.6) is 11.5 Å². The van der Waals surface area contributed by atoms with E-state index >= 15 is 0 Å². The van der Waals surface area contributed by atoms with E-state index in [-0.39, 0.29) is 11.3 Å². The summed E-state index contributed by atoms with van der Waals surface area (Å²) in [6, 6.07) is 20.2. The van der Waals surface area contributed by atoms with Crippen LogP contribution in [0.15, 0.2) is 86.3 Å². The van der Waals surface area contributed by atoms with E-state index in [4.69, 9.17) is 4.74 Å². The van der Waals surface area contributed by atoms with Gasteiger partial charge in [0.1, 0.15) is 17.1 Å². The Labute approximate surface area is 238 Å². The Hall–Kier alpha value is -3.36. The third kappa shape index (κ3) is 5.28. The first kappa shape index (κ1) is 27.2. The molecule has 0 spiro atoms. The molecule has 0 aromatic heterocycles. The van der Waals surface area contributed by atoms with Gasteiger partial charge < -0.3 is 9.84 Å². The number of hydrazine groups is 1. The number of thioether (sulfide) groups is 2. The van der Waals surface area contributed by atoms with Gasteiger partial charge in [-0.25, -0.2) is 10.0 Å². The number of carbonyl (C=O) groups is 2. The Morgan fingerprint density at radius 1 is 0.872 bits per heavy atom. The SMILES string of the molecule is CCCCC(CC)COc1cc(C)c(O)c2c1SC(=C1C(=O)N(c3ccccc3)N(c3ccccc3)C1=O)S2. The summed E-state index contributed by atoms with van der Waals surface area (Å²) in [6.45, 7) is 6.80. The zero-order valence-electron chi connectivity index (χ0n) is 22.3. The van der Waals surface area contributed by atoms with Crippen molar-refractivity contribution < 1.29 is 19.4 Å². The van der Waals surface area contributed by atoms with E-state index in [0.717, 1.165) is 30.6 Å². The highest BCUT2D eigenvalue weighted by Gasteiger charge is 2.46. The molecular weight excluding hydrogens is 528 g/mol. The van der Waals surface area contributed by atoms with Crippen LogP contribution in [0.25, 0.3) is 0 Å². The summed E-state index contributed by atoms with van der Waals surface area (Å²) in [4.78, 5) is 29.2. The highest BCUT2D eigenvalue weighted by molar-refractivity contribution is 8.25. The summed E-state index contributed by atoms with van der Waals surface area (Å²) in [5.74, 6) is 0.481. The monoisotopic (exact) mass is 560 g/mol. The minimum atomic E-state index is -0.401. The van der Waals surface area contributed by atoms with E-state index in [9.17, 15) is 14.7 Å². The first-order valence-electron chi connectivity index (χ1n) is 13.3. The molecule has 2 aliphatic heterocycles. The molecule has 2 aliphatic rings. The minimum Gasteiger partial charge on any atom is -0.506 e. The van der Waals surface area contributed by atoms with Crippen molar-refractivity contribution in [2.45, 2.75) is 56.2 Å². The second kappa shape index (κ2) is 11.8. The summed E-state index contributed by atoms with van der Waals surface area (Å²) in [5, 5.41) is 13.8. The molecule has 8 heteroatoms. The Bertz CT molecular complexity index is 1350. The molecule has 202 valence electrons. The smallest absolute Gasteiger partial charge is 0.284 e. The van der Waals surface area contributed by atoms with Gasteiger partial charge in [-0.15, -0.1) is 0 Å². The number of nitrogens with zero attached hydrogens (tertiary/aromatic N) is 2. The predicted molar refractivity (Wildman–Crippen MR) is 158 cm³/mol. The molecular formula is C31H32N2O4S2. The van der Waals surface area contributed by atoms with E-state index in [2.05, 4.69) is 13.8 Å². The van der Waals surface area contributed by atoms with Gasteiger partial charge in [0.05, 0.1) is 32.0 Å². The van der Waals surface area contributed by atoms with Crippen LogP contribution < -0.4 is 14.8 Å². The molecule has 2 amide bonds. The fraction of sp³-hybridized carbons (Fsp3) is 0.290. The van der Waals surface area contributed by atoms with Crippen LogP contribution in [0.1, 0.15) is 45.1 Å². The number of ether oxygens (including phenoxy) is 1. The van der Waals surface area contributed by atoms with Crippen LogP contribution in [0.3, 0.4) is 0 Å². The lowest BCUT2D eigenvalue weighted by Crippen LogP contribution is -2.41. The summed E-state index contributed by atoms with van der Waals surface area (Å²) < 4.78 is 6.87. The summed E-state index contributed by atoms with van der Waals surface area (Å²) in [7, 11) is 0. The van der Waals surface area contributed by atoms with Gasteiger partial charge in [0.2, 0.25) is 0 Å². The van der Waals surface area contributed by atoms with E-state index < -0.39 is 11.8 Å². The van der Waals surface area contributed by atoms with Gasteiger partial charge in [0, 0.05) is 0 Å². The Balaban J connectivity index is 1.52. The zero-order chi connectivity index (χ0) is 27.5. The first-order valence-corrected chi connectivity index (χ1v) is 15.0. The number of aryl methyl sites for hydroxylation is 1. The number of para-hydroxylation sites is 2. The molecule has 6 nitrogen and oxygen atoms in total. The molecule has 1 fully saturated rings. The molecule has 0 aliphatic carbocycles. The highest BCUT2D eigenvalue weighted by Crippen LogP contribution is 2.60. The van der Waals surface area contributed by atoms with Crippen LogP contribution in [0.4, 0.5) is 11.4 Å². The topological polar surface area (TPSA) is 70.1 Å². The van der Waals surface area contributed by atoms with Crippen molar-refractivity contribution in [2.75, 3.05) is 16.6 Å². The third-order valence-corrected chi connectivity index (χ3v) is 9.61. The second-order valence-electron chi connectivity index (χ2n) is 9.70. The van der Waals surface area contributed by atoms with Crippen molar-refractivity contribution in [1.29, 1.82) is 0 Å².